The van der Waals surface area contributed by atoms with Gasteiger partial charge in [-0.15, -0.1) is 0 Å². The van der Waals surface area contributed by atoms with Crippen molar-refractivity contribution in [3.8, 4) is 0 Å². The van der Waals surface area contributed by atoms with E-state index in [1.807, 2.05) is 31.2 Å². The lowest BCUT2D eigenvalue weighted by atomic mass is 9.99. The Morgan fingerprint density at radius 2 is 1.85 bits per heavy atom. The van der Waals surface area contributed by atoms with E-state index in [2.05, 4.69) is 22.0 Å². The standard InChI is InChI=1S/C25H39N5O4/c1-3-5-7-20(18-29(34)19-31)25(33)30-13-6-8-23(30)24(32)26-21-9-11-22(12-10-21)28-16-14-27(4-2)15-17-28/h9-12,19-20,23,34H,3-8,13-18H2,1-2H3,(H,26,32)/t20-,23+/m1/s1. The fourth-order valence-corrected chi connectivity index (χ4v) is 4.85. The minimum absolute atomic E-state index is 0.0544. The molecule has 9 nitrogen and oxygen atoms in total. The lowest BCUT2D eigenvalue weighted by molar-refractivity contribution is -0.157. The summed E-state index contributed by atoms with van der Waals surface area (Å²) in [7, 11) is 0. The van der Waals surface area contributed by atoms with Crippen LogP contribution in [0.25, 0.3) is 0 Å². The van der Waals surface area contributed by atoms with Crippen LogP contribution in [0, 0.1) is 5.92 Å². The molecule has 1 aromatic carbocycles. The van der Waals surface area contributed by atoms with E-state index in [-0.39, 0.29) is 18.4 Å². The average Bonchev–Trinajstić information content (AvgIpc) is 3.36. The van der Waals surface area contributed by atoms with Crippen molar-refractivity contribution in [2.24, 2.45) is 5.92 Å². The minimum Gasteiger partial charge on any atom is -0.369 e. The lowest BCUT2D eigenvalue weighted by Gasteiger charge is -2.35. The molecule has 2 aliphatic heterocycles. The summed E-state index contributed by atoms with van der Waals surface area (Å²) in [5, 5.41) is 13.1. The summed E-state index contributed by atoms with van der Waals surface area (Å²) < 4.78 is 0. The van der Waals surface area contributed by atoms with E-state index in [0.717, 1.165) is 57.7 Å². The molecule has 3 amide bonds. The van der Waals surface area contributed by atoms with E-state index in [4.69, 9.17) is 0 Å². The monoisotopic (exact) mass is 473 g/mol. The summed E-state index contributed by atoms with van der Waals surface area (Å²) in [4.78, 5) is 43.6. The van der Waals surface area contributed by atoms with Gasteiger partial charge in [-0.3, -0.25) is 19.6 Å². The van der Waals surface area contributed by atoms with Gasteiger partial charge in [-0.1, -0.05) is 26.7 Å². The minimum atomic E-state index is -0.540. The molecule has 0 radical (unpaired) electrons. The number of amides is 3. The normalized spacial score (nSPS) is 19.7. The molecule has 2 atom stereocenters. The predicted octanol–water partition coefficient (Wildman–Crippen LogP) is 2.41. The number of hydrogen-bond donors (Lipinski definition) is 2. The zero-order valence-corrected chi connectivity index (χ0v) is 20.5. The third kappa shape index (κ3) is 6.70. The molecule has 0 spiro atoms. The molecule has 0 saturated carbocycles. The fraction of sp³-hybridized carbons (Fsp3) is 0.640. The highest BCUT2D eigenvalue weighted by molar-refractivity contribution is 5.98. The molecular formula is C25H39N5O4. The SMILES string of the molecule is CCCC[C@H](CN(O)C=O)C(=O)N1CCC[C@H]1C(=O)Nc1ccc(N2CCN(CC)CC2)cc1. The van der Waals surface area contributed by atoms with Gasteiger partial charge in [0.15, 0.2) is 0 Å². The summed E-state index contributed by atoms with van der Waals surface area (Å²) >= 11 is 0. The maximum absolute atomic E-state index is 13.2. The van der Waals surface area contributed by atoms with Crippen LogP contribution in [0.5, 0.6) is 0 Å². The number of unbranched alkanes of at least 4 members (excludes halogenated alkanes) is 1. The van der Waals surface area contributed by atoms with Crippen molar-refractivity contribution >= 4 is 29.6 Å². The number of nitrogens with zero attached hydrogens (tertiary/aromatic N) is 4. The largest absolute Gasteiger partial charge is 0.369 e. The number of carbonyl (C=O) groups excluding carboxylic acids is 3. The molecule has 1 aromatic rings. The first-order valence-electron chi connectivity index (χ1n) is 12.6. The van der Waals surface area contributed by atoms with E-state index in [1.54, 1.807) is 4.90 Å². The zero-order valence-electron chi connectivity index (χ0n) is 20.5. The first-order chi connectivity index (χ1) is 16.5. The van der Waals surface area contributed by atoms with E-state index >= 15 is 0 Å². The third-order valence-corrected chi connectivity index (χ3v) is 6.94. The topological polar surface area (TPSA) is 96.4 Å². The Morgan fingerprint density at radius 3 is 2.47 bits per heavy atom. The number of piperazine rings is 1. The first kappa shape index (κ1) is 26.0. The molecule has 2 heterocycles. The van der Waals surface area contributed by atoms with Crippen molar-refractivity contribution in [1.82, 2.24) is 14.9 Å². The molecule has 2 N–H and O–H groups in total. The van der Waals surface area contributed by atoms with Crippen molar-refractivity contribution in [2.75, 3.05) is 56.0 Å². The van der Waals surface area contributed by atoms with Crippen LogP contribution >= 0.6 is 0 Å². The van der Waals surface area contributed by atoms with Crippen LogP contribution in [0.15, 0.2) is 24.3 Å². The lowest BCUT2D eigenvalue weighted by Crippen LogP contribution is -2.47. The Balaban J connectivity index is 1.60. The van der Waals surface area contributed by atoms with E-state index in [0.29, 0.717) is 36.5 Å². The maximum atomic E-state index is 13.2. The number of nitrogens with one attached hydrogen (secondary N) is 1. The Labute approximate surface area is 202 Å². The highest BCUT2D eigenvalue weighted by atomic mass is 16.5. The van der Waals surface area contributed by atoms with Gasteiger partial charge in [0.2, 0.25) is 18.2 Å². The zero-order chi connectivity index (χ0) is 24.5. The second kappa shape index (κ2) is 12.7. The van der Waals surface area contributed by atoms with Gasteiger partial charge < -0.3 is 20.0 Å². The molecule has 0 aromatic heterocycles. The molecule has 34 heavy (non-hydrogen) atoms. The van der Waals surface area contributed by atoms with Crippen molar-refractivity contribution in [3.63, 3.8) is 0 Å². The average molecular weight is 474 g/mol. The van der Waals surface area contributed by atoms with Gasteiger partial charge in [0.1, 0.15) is 6.04 Å². The quantitative estimate of drug-likeness (QED) is 0.291. The first-order valence-corrected chi connectivity index (χ1v) is 12.6. The second-order valence-corrected chi connectivity index (χ2v) is 9.21. The van der Waals surface area contributed by atoms with Crippen LogP contribution in [-0.4, -0.2) is 90.1 Å². The summed E-state index contributed by atoms with van der Waals surface area (Å²) in [5.41, 5.74) is 1.86. The third-order valence-electron chi connectivity index (χ3n) is 6.94. The highest BCUT2D eigenvalue weighted by Gasteiger charge is 2.37. The molecule has 9 heteroatoms. The van der Waals surface area contributed by atoms with Crippen LogP contribution in [0.1, 0.15) is 46.0 Å². The highest BCUT2D eigenvalue weighted by Crippen LogP contribution is 2.25. The van der Waals surface area contributed by atoms with Crippen molar-refractivity contribution in [3.05, 3.63) is 24.3 Å². The van der Waals surface area contributed by atoms with Gasteiger partial charge in [-0.25, -0.2) is 5.06 Å². The van der Waals surface area contributed by atoms with Crippen molar-refractivity contribution in [2.45, 2.75) is 52.0 Å². The number of hydrogen-bond acceptors (Lipinski definition) is 6. The van der Waals surface area contributed by atoms with Crippen molar-refractivity contribution < 1.29 is 19.6 Å². The second-order valence-electron chi connectivity index (χ2n) is 9.21. The van der Waals surface area contributed by atoms with E-state index < -0.39 is 12.0 Å². The van der Waals surface area contributed by atoms with Crippen LogP contribution in [0.4, 0.5) is 11.4 Å². The molecule has 0 bridgehead atoms. The molecule has 2 aliphatic rings. The number of likely N-dealkylation sites (tertiary alicyclic amines) is 1. The molecule has 188 valence electrons. The van der Waals surface area contributed by atoms with E-state index in [1.165, 1.54) is 0 Å². The number of likely N-dealkylation sites (N-methyl/N-ethyl adjacent to an activating group) is 1. The Bertz CT molecular complexity index is 810. The Kier molecular flexibility index (Phi) is 9.71. The molecule has 2 fully saturated rings. The molecule has 0 unspecified atom stereocenters. The number of hydroxylamine groups is 2. The molecule has 3 rings (SSSR count). The predicted molar refractivity (Wildman–Crippen MR) is 132 cm³/mol. The Morgan fingerprint density at radius 1 is 1.15 bits per heavy atom. The van der Waals surface area contributed by atoms with Gasteiger partial charge in [-0.2, -0.15) is 0 Å². The summed E-state index contributed by atoms with van der Waals surface area (Å²) in [6.45, 7) is 9.84. The number of carbonyl (C=O) groups is 3. The number of rotatable bonds is 11. The number of benzene rings is 1. The maximum Gasteiger partial charge on any atom is 0.247 e. The number of anilines is 2. The summed E-state index contributed by atoms with van der Waals surface area (Å²) in [6.07, 6.45) is 3.96. The van der Waals surface area contributed by atoms with Gasteiger partial charge in [-0.05, 0) is 50.1 Å². The van der Waals surface area contributed by atoms with Crippen LogP contribution in [-0.2, 0) is 14.4 Å². The van der Waals surface area contributed by atoms with Crippen LogP contribution in [0.3, 0.4) is 0 Å². The van der Waals surface area contributed by atoms with Gasteiger partial charge >= 0.3 is 0 Å². The van der Waals surface area contributed by atoms with Crippen LogP contribution < -0.4 is 10.2 Å². The van der Waals surface area contributed by atoms with Crippen molar-refractivity contribution in [1.29, 1.82) is 0 Å². The van der Waals surface area contributed by atoms with Gasteiger partial charge in [0, 0.05) is 44.1 Å². The van der Waals surface area contributed by atoms with Gasteiger partial charge in [0.05, 0.1) is 12.5 Å². The summed E-state index contributed by atoms with van der Waals surface area (Å²) in [6, 6.07) is 7.36. The summed E-state index contributed by atoms with van der Waals surface area (Å²) in [5.74, 6) is -0.884. The smallest absolute Gasteiger partial charge is 0.247 e. The molecule has 2 saturated heterocycles. The molecule has 0 aliphatic carbocycles. The Hall–Kier alpha value is -2.65. The molecular weight excluding hydrogens is 434 g/mol. The fourth-order valence-electron chi connectivity index (χ4n) is 4.85. The van der Waals surface area contributed by atoms with E-state index in [9.17, 15) is 19.6 Å². The van der Waals surface area contributed by atoms with Crippen LogP contribution in [0.2, 0.25) is 0 Å². The van der Waals surface area contributed by atoms with Gasteiger partial charge in [0.25, 0.3) is 0 Å².